The molecule has 0 fully saturated rings. The van der Waals surface area contributed by atoms with E-state index < -0.39 is 17.6 Å². The van der Waals surface area contributed by atoms with Crippen LogP contribution in [0.1, 0.15) is 43.1 Å². The molecule has 1 aliphatic heterocycles. The maximum absolute atomic E-state index is 12.5. The maximum atomic E-state index is 12.5. The van der Waals surface area contributed by atoms with Gasteiger partial charge in [0.1, 0.15) is 11.4 Å². The van der Waals surface area contributed by atoms with Crippen LogP contribution >= 0.6 is 11.8 Å². The highest BCUT2D eigenvalue weighted by Gasteiger charge is 2.24. The Morgan fingerprint density at radius 1 is 1.09 bits per heavy atom. The number of anilines is 1. The number of hydrogen-bond donors (Lipinski definition) is 2. The van der Waals surface area contributed by atoms with Crippen molar-refractivity contribution in [2.45, 2.75) is 32.8 Å². The zero-order valence-electron chi connectivity index (χ0n) is 18.0. The average molecular weight is 453 g/mol. The van der Waals surface area contributed by atoms with Gasteiger partial charge in [0, 0.05) is 11.3 Å². The van der Waals surface area contributed by atoms with Crippen LogP contribution < -0.4 is 5.32 Å². The van der Waals surface area contributed by atoms with Gasteiger partial charge in [0.25, 0.3) is 5.91 Å². The van der Waals surface area contributed by atoms with E-state index in [4.69, 9.17) is 4.74 Å². The number of Topliss-reactive ketones (excluding diaryl/α,β-unsaturated/α-hetero) is 1. The largest absolute Gasteiger partial charge is 0.511 e. The number of ketones is 1. The Morgan fingerprint density at radius 2 is 1.75 bits per heavy atom. The first-order chi connectivity index (χ1) is 15.1. The number of aliphatic hydroxyl groups excluding tert-OH is 1. The molecule has 0 atom stereocenters. The summed E-state index contributed by atoms with van der Waals surface area (Å²) in [6.07, 6.45) is -0.470. The van der Waals surface area contributed by atoms with Crippen LogP contribution in [-0.4, -0.2) is 39.3 Å². The highest BCUT2D eigenvalue weighted by molar-refractivity contribution is 8.14. The van der Waals surface area contributed by atoms with Gasteiger partial charge in [0.2, 0.25) is 0 Å². The second-order valence-corrected chi connectivity index (χ2v) is 9.14. The number of nitrogens with zero attached hydrogens (tertiary/aromatic N) is 1. The van der Waals surface area contributed by atoms with Gasteiger partial charge in [0.15, 0.2) is 5.78 Å². The lowest BCUT2D eigenvalue weighted by atomic mass is 10.0. The van der Waals surface area contributed by atoms with Gasteiger partial charge >= 0.3 is 6.09 Å². The smallest absolute Gasteiger partial charge is 0.412 e. The lowest BCUT2D eigenvalue weighted by Gasteiger charge is -2.19. The van der Waals surface area contributed by atoms with Crippen LogP contribution in [0.3, 0.4) is 0 Å². The van der Waals surface area contributed by atoms with Crippen molar-refractivity contribution < 1.29 is 24.2 Å². The van der Waals surface area contributed by atoms with Crippen LogP contribution in [0, 0.1) is 0 Å². The van der Waals surface area contributed by atoms with Crippen molar-refractivity contribution in [3.63, 3.8) is 0 Å². The predicted molar refractivity (Wildman–Crippen MR) is 126 cm³/mol. The van der Waals surface area contributed by atoms with Crippen molar-refractivity contribution in [2.75, 3.05) is 11.1 Å². The van der Waals surface area contributed by atoms with E-state index in [2.05, 4.69) is 10.3 Å². The molecule has 1 heterocycles. The van der Waals surface area contributed by atoms with Crippen LogP contribution in [0.2, 0.25) is 0 Å². The van der Waals surface area contributed by atoms with Gasteiger partial charge < -0.3 is 9.84 Å². The number of nitrogens with one attached hydrogen (secondary N) is 1. The number of rotatable bonds is 5. The van der Waals surface area contributed by atoms with Crippen LogP contribution in [0.5, 0.6) is 0 Å². The zero-order valence-corrected chi connectivity index (χ0v) is 18.9. The number of dihydropyridines is 1. The van der Waals surface area contributed by atoms with Gasteiger partial charge in [-0.3, -0.25) is 14.9 Å². The van der Waals surface area contributed by atoms with Crippen LogP contribution in [0.4, 0.5) is 10.5 Å². The molecule has 8 heteroatoms. The first-order valence-electron chi connectivity index (χ1n) is 9.98. The molecule has 32 heavy (non-hydrogen) atoms. The van der Waals surface area contributed by atoms with Crippen molar-refractivity contribution in [1.82, 2.24) is 0 Å². The number of benzene rings is 2. The topological polar surface area (TPSA) is 105 Å². The molecule has 166 valence electrons. The molecule has 2 aromatic rings. The van der Waals surface area contributed by atoms with E-state index in [0.717, 1.165) is 11.8 Å². The van der Waals surface area contributed by atoms with Gasteiger partial charge in [0.05, 0.1) is 22.8 Å². The third kappa shape index (κ3) is 6.31. The number of ether oxygens (including phenoxy) is 1. The first-order valence-corrected chi connectivity index (χ1v) is 11.0. The normalized spacial score (nSPS) is 14.1. The van der Waals surface area contributed by atoms with E-state index in [-0.39, 0.29) is 29.3 Å². The summed E-state index contributed by atoms with van der Waals surface area (Å²) in [5.41, 5.74) is 1.16. The van der Waals surface area contributed by atoms with Crippen molar-refractivity contribution in [1.29, 1.82) is 0 Å². The molecular weight excluding hydrogens is 428 g/mol. The number of allylic oxidation sites excluding steroid dienone is 1. The average Bonchev–Trinajstić information content (AvgIpc) is 2.71. The van der Waals surface area contributed by atoms with E-state index in [0.29, 0.717) is 21.9 Å². The first kappa shape index (κ1) is 23.3. The van der Waals surface area contributed by atoms with Crippen LogP contribution in [0.15, 0.2) is 65.3 Å². The molecule has 0 aliphatic carbocycles. The molecule has 0 unspecified atom stereocenters. The molecule has 2 aromatic carbocycles. The Labute approximate surface area is 190 Å². The Bertz CT molecular complexity index is 1080. The lowest BCUT2D eigenvalue weighted by molar-refractivity contribution is -0.112. The summed E-state index contributed by atoms with van der Waals surface area (Å²) in [5, 5.41) is 13.4. The van der Waals surface area contributed by atoms with Gasteiger partial charge in [-0.15, -0.1) is 11.8 Å². The van der Waals surface area contributed by atoms with Crippen molar-refractivity contribution in [3.8, 4) is 0 Å². The van der Waals surface area contributed by atoms with Gasteiger partial charge in [-0.1, -0.05) is 30.3 Å². The highest BCUT2D eigenvalue weighted by atomic mass is 32.2. The van der Waals surface area contributed by atoms with Crippen LogP contribution in [-0.2, 0) is 9.53 Å². The second kappa shape index (κ2) is 9.82. The minimum absolute atomic E-state index is 0.0521. The summed E-state index contributed by atoms with van der Waals surface area (Å²) >= 11 is 1.12. The maximum Gasteiger partial charge on any atom is 0.412 e. The number of aliphatic hydroxyl groups is 1. The zero-order chi connectivity index (χ0) is 23.3. The molecule has 0 spiro atoms. The van der Waals surface area contributed by atoms with Gasteiger partial charge in [-0.05, 0) is 50.6 Å². The summed E-state index contributed by atoms with van der Waals surface area (Å²) in [4.78, 5) is 40.8. The minimum atomic E-state index is -0.605. The number of aliphatic imine (C=N–C) groups is 1. The number of carbonyl (C=O) groups is 3. The number of thioether (sulfide) groups is 1. The van der Waals surface area contributed by atoms with E-state index in [1.54, 1.807) is 69.3 Å². The van der Waals surface area contributed by atoms with Gasteiger partial charge in [-0.2, -0.15) is 0 Å². The standard InChI is InChI=1S/C24H24N2O5S/c1-24(2,3)31-23(30)25-17-11-9-15(10-12-17)19(28)14-32-20-13-18(27)21(22(29)26-20)16-7-5-4-6-8-16/h4-12,27H,13-14H2,1-3H3,(H,25,30). The predicted octanol–water partition coefficient (Wildman–Crippen LogP) is 5.25. The Morgan fingerprint density at radius 3 is 2.34 bits per heavy atom. The fraction of sp³-hybridized carbons (Fsp3) is 0.250. The Balaban J connectivity index is 1.56. The summed E-state index contributed by atoms with van der Waals surface area (Å²) in [6, 6.07) is 15.3. The molecular formula is C24H24N2O5S. The Kier molecular flexibility index (Phi) is 7.15. The fourth-order valence-electron chi connectivity index (χ4n) is 2.94. The fourth-order valence-corrected chi connectivity index (χ4v) is 3.79. The quantitative estimate of drug-likeness (QED) is 0.601. The third-order valence-corrected chi connectivity index (χ3v) is 5.31. The molecule has 2 amide bonds. The Hall–Kier alpha value is -3.39. The van der Waals surface area contributed by atoms with E-state index in [1.165, 1.54) is 0 Å². The molecule has 0 saturated heterocycles. The molecule has 0 saturated carbocycles. The molecule has 2 N–H and O–H groups in total. The van der Waals surface area contributed by atoms with E-state index >= 15 is 0 Å². The molecule has 0 aromatic heterocycles. The van der Waals surface area contributed by atoms with Crippen molar-refractivity contribution in [3.05, 3.63) is 71.5 Å². The summed E-state index contributed by atoms with van der Waals surface area (Å²) in [5.74, 6) is -0.665. The molecule has 1 aliphatic rings. The van der Waals surface area contributed by atoms with Crippen molar-refractivity contribution >= 4 is 45.8 Å². The molecule has 7 nitrogen and oxygen atoms in total. The van der Waals surface area contributed by atoms with E-state index in [9.17, 15) is 19.5 Å². The third-order valence-electron chi connectivity index (χ3n) is 4.33. The number of carbonyl (C=O) groups excluding carboxylic acids is 3. The monoisotopic (exact) mass is 452 g/mol. The second-order valence-electron chi connectivity index (χ2n) is 8.09. The van der Waals surface area contributed by atoms with Crippen molar-refractivity contribution in [2.24, 2.45) is 4.99 Å². The lowest BCUT2D eigenvalue weighted by Crippen LogP contribution is -2.27. The molecule has 3 rings (SSSR count). The molecule has 0 bridgehead atoms. The summed E-state index contributed by atoms with van der Waals surface area (Å²) in [7, 11) is 0. The van der Waals surface area contributed by atoms with E-state index in [1.807, 2.05) is 6.07 Å². The number of hydrogen-bond acceptors (Lipinski definition) is 6. The van der Waals surface area contributed by atoms with Crippen LogP contribution in [0.25, 0.3) is 5.57 Å². The highest BCUT2D eigenvalue weighted by Crippen LogP contribution is 2.28. The summed E-state index contributed by atoms with van der Waals surface area (Å²) < 4.78 is 5.19. The summed E-state index contributed by atoms with van der Waals surface area (Å²) in [6.45, 7) is 5.32. The number of amides is 2. The van der Waals surface area contributed by atoms with Gasteiger partial charge in [-0.25, -0.2) is 9.79 Å². The minimum Gasteiger partial charge on any atom is -0.511 e. The SMILES string of the molecule is CC(C)(C)OC(=O)Nc1ccc(C(=O)CSC2=NC(=O)C(c3ccccc3)=C(O)C2)cc1. The molecule has 0 radical (unpaired) electrons.